The molecule has 0 rings (SSSR count). The number of hydrogen-bond acceptors (Lipinski definition) is 2. The molecule has 0 saturated heterocycles. The molecule has 0 aromatic rings. The van der Waals surface area contributed by atoms with E-state index in [1.54, 1.807) is 0 Å². The van der Waals surface area contributed by atoms with Crippen molar-refractivity contribution in [3.8, 4) is 0 Å². The summed E-state index contributed by atoms with van der Waals surface area (Å²) in [5, 5.41) is 0. The van der Waals surface area contributed by atoms with E-state index in [1.807, 2.05) is 39.3 Å². The van der Waals surface area contributed by atoms with Crippen LogP contribution in [0.2, 0.25) is 39.3 Å². The summed E-state index contributed by atoms with van der Waals surface area (Å²) in [6, 6.07) is 0. The smallest absolute Gasteiger partial charge is 0.125 e. The van der Waals surface area contributed by atoms with Gasteiger partial charge in [-0.15, -0.1) is 9.56 Å². The van der Waals surface area contributed by atoms with Crippen LogP contribution < -0.4 is 0 Å². The molecule has 0 aromatic carbocycles. The van der Waals surface area contributed by atoms with Crippen molar-refractivity contribution in [3.05, 3.63) is 20.9 Å². The highest BCUT2D eigenvalue weighted by atomic mass is 28.3. The lowest BCUT2D eigenvalue weighted by Gasteiger charge is -2.01. The fraction of sp³-hybridized carbons (Fsp3) is 1.00. The lowest BCUT2D eigenvalue weighted by molar-refractivity contribution is 1.52. The molecule has 0 unspecified atom stereocenters. The fourth-order valence-corrected chi connectivity index (χ4v) is 0.805. The van der Waals surface area contributed by atoms with Crippen LogP contribution in [-0.2, 0) is 0 Å². The summed E-state index contributed by atoms with van der Waals surface area (Å²) in [4.78, 5) is 5.39. The van der Waals surface area contributed by atoms with Crippen molar-refractivity contribution < 1.29 is 0 Å². The Hall–Kier alpha value is -0.946. The zero-order valence-corrected chi connectivity index (χ0v) is 11.7. The molecule has 0 amide bonds. The van der Waals surface area contributed by atoms with Gasteiger partial charge in [-0.3, -0.25) is 0 Å². The maximum Gasteiger partial charge on any atom is 0.146 e. The molecule has 6 nitrogen and oxygen atoms in total. The van der Waals surface area contributed by atoms with Gasteiger partial charge in [0.05, 0.1) is 0 Å². The first-order valence-corrected chi connectivity index (χ1v) is 11.1. The van der Waals surface area contributed by atoms with E-state index in [4.69, 9.17) is 11.1 Å². The van der Waals surface area contributed by atoms with Crippen LogP contribution in [-0.4, -0.2) is 16.5 Å². The Kier molecular flexibility index (Phi) is 7.21. The van der Waals surface area contributed by atoms with Gasteiger partial charge in [-0.2, -0.15) is 0 Å². The van der Waals surface area contributed by atoms with Crippen molar-refractivity contribution >= 4 is 16.5 Å². The summed E-state index contributed by atoms with van der Waals surface area (Å²) in [5.74, 6) is 0. The zero-order valence-electron chi connectivity index (χ0n) is 9.68. The summed E-state index contributed by atoms with van der Waals surface area (Å²) in [5.41, 5.74) is 15.8. The summed E-state index contributed by atoms with van der Waals surface area (Å²) in [6.45, 7) is 12.0. The molecule has 0 aliphatic carbocycles. The SMILES string of the molecule is C[Si](C)(C)N=[N+]=[N-].C[Si](C)(C)N=[N+]=[N-]. The normalized spacial score (nSPS) is 10.1. The van der Waals surface area contributed by atoms with Crippen LogP contribution in [0.25, 0.3) is 20.9 Å². The topological polar surface area (TPSA) is 97.5 Å². The fourth-order valence-electron chi connectivity index (χ4n) is 0.268. The number of nitrogens with zero attached hydrogens (tertiary/aromatic N) is 6. The third-order valence-corrected chi connectivity index (χ3v) is 2.07. The van der Waals surface area contributed by atoms with E-state index in [0.29, 0.717) is 0 Å². The summed E-state index contributed by atoms with van der Waals surface area (Å²) < 4.78 is 7.15. The van der Waals surface area contributed by atoms with E-state index in [2.05, 4.69) is 19.4 Å². The molecular formula is C6H18N6Si2. The molecule has 14 heavy (non-hydrogen) atoms. The maximum absolute atomic E-state index is 7.89. The first-order valence-electron chi connectivity index (χ1n) is 4.25. The highest BCUT2D eigenvalue weighted by molar-refractivity contribution is 6.74. The van der Waals surface area contributed by atoms with Gasteiger partial charge in [0.1, 0.15) is 16.5 Å². The van der Waals surface area contributed by atoms with Gasteiger partial charge >= 0.3 is 0 Å². The molecule has 0 saturated carbocycles. The van der Waals surface area contributed by atoms with Crippen molar-refractivity contribution in [2.75, 3.05) is 0 Å². The van der Waals surface area contributed by atoms with Crippen molar-refractivity contribution in [2.45, 2.75) is 39.3 Å². The molecular weight excluding hydrogens is 212 g/mol. The maximum atomic E-state index is 7.89. The van der Waals surface area contributed by atoms with E-state index in [-0.39, 0.29) is 0 Å². The number of azide groups is 2. The summed E-state index contributed by atoms with van der Waals surface area (Å²) in [6.07, 6.45) is 0. The van der Waals surface area contributed by atoms with Crippen molar-refractivity contribution in [2.24, 2.45) is 9.56 Å². The van der Waals surface area contributed by atoms with Gasteiger partial charge < -0.3 is 0 Å². The van der Waals surface area contributed by atoms with E-state index >= 15 is 0 Å². The van der Waals surface area contributed by atoms with Crippen molar-refractivity contribution in [1.82, 2.24) is 0 Å². The molecule has 0 heterocycles. The highest BCUT2D eigenvalue weighted by Gasteiger charge is 2.08. The molecule has 0 N–H and O–H groups in total. The molecule has 0 radical (unpaired) electrons. The minimum Gasteiger partial charge on any atom is -0.125 e. The Bertz CT molecular complexity index is 222. The standard InChI is InChI=1S/2C3H9N3Si/c2*1-7(2,3)6-5-4/h2*1-3H3. The quantitative estimate of drug-likeness (QED) is 0.293. The lowest BCUT2D eigenvalue weighted by Crippen LogP contribution is -2.13. The lowest BCUT2D eigenvalue weighted by atomic mass is 11.8. The van der Waals surface area contributed by atoms with Crippen LogP contribution in [0.5, 0.6) is 0 Å². The molecule has 8 heteroatoms. The Morgan fingerprint density at radius 1 is 0.714 bits per heavy atom. The van der Waals surface area contributed by atoms with Gasteiger partial charge in [0.2, 0.25) is 0 Å². The minimum atomic E-state index is -1.45. The Morgan fingerprint density at radius 3 is 0.929 bits per heavy atom. The van der Waals surface area contributed by atoms with Gasteiger partial charge in [-0.05, 0) is 20.9 Å². The zero-order chi connectivity index (χ0) is 11.8. The third kappa shape index (κ3) is 22.5. The second kappa shape index (κ2) is 6.50. The first-order chi connectivity index (χ1) is 6.12. The molecule has 0 aromatic heterocycles. The number of hydrogen-bond donors (Lipinski definition) is 0. The molecule has 0 fully saturated rings. The highest BCUT2D eigenvalue weighted by Crippen LogP contribution is 2.00. The molecule has 0 bridgehead atoms. The Labute approximate surface area is 86.8 Å². The average Bonchev–Trinajstić information content (AvgIpc) is 1.81. The van der Waals surface area contributed by atoms with Crippen molar-refractivity contribution in [3.63, 3.8) is 0 Å². The number of rotatable bonds is 2. The second-order valence-electron chi connectivity index (χ2n) is 4.72. The molecule has 0 aliphatic heterocycles. The van der Waals surface area contributed by atoms with Crippen LogP contribution in [0.3, 0.4) is 0 Å². The minimum absolute atomic E-state index is 1.45. The van der Waals surface area contributed by atoms with Gasteiger partial charge in [0.15, 0.2) is 0 Å². The van der Waals surface area contributed by atoms with Gasteiger partial charge in [-0.25, -0.2) is 0 Å². The van der Waals surface area contributed by atoms with Crippen LogP contribution in [0, 0.1) is 0 Å². The Balaban J connectivity index is 0. The van der Waals surface area contributed by atoms with Gasteiger partial charge in [0.25, 0.3) is 0 Å². The first kappa shape index (κ1) is 15.5. The van der Waals surface area contributed by atoms with Crippen LogP contribution >= 0.6 is 0 Å². The molecule has 0 atom stereocenters. The molecule has 80 valence electrons. The van der Waals surface area contributed by atoms with E-state index in [1.165, 1.54) is 0 Å². The molecule has 0 aliphatic rings. The predicted octanol–water partition coefficient (Wildman–Crippen LogP) is 4.26. The largest absolute Gasteiger partial charge is 0.146 e. The van der Waals surface area contributed by atoms with Crippen LogP contribution in [0.15, 0.2) is 9.56 Å². The second-order valence-corrected chi connectivity index (χ2v) is 13.8. The van der Waals surface area contributed by atoms with Gasteiger partial charge in [-0.1, -0.05) is 39.3 Å². The summed E-state index contributed by atoms with van der Waals surface area (Å²) in [7, 11) is -2.90. The third-order valence-electron chi connectivity index (χ3n) is 0.689. The van der Waals surface area contributed by atoms with E-state index in [0.717, 1.165) is 0 Å². The van der Waals surface area contributed by atoms with E-state index < -0.39 is 16.5 Å². The van der Waals surface area contributed by atoms with E-state index in [9.17, 15) is 0 Å². The monoisotopic (exact) mass is 230 g/mol. The molecule has 0 spiro atoms. The average molecular weight is 230 g/mol. The van der Waals surface area contributed by atoms with Crippen molar-refractivity contribution in [1.29, 1.82) is 0 Å². The van der Waals surface area contributed by atoms with Crippen LogP contribution in [0.1, 0.15) is 0 Å². The predicted molar refractivity (Wildman–Crippen MR) is 65.0 cm³/mol. The van der Waals surface area contributed by atoms with Crippen LogP contribution in [0.4, 0.5) is 0 Å². The van der Waals surface area contributed by atoms with Gasteiger partial charge in [0, 0.05) is 0 Å². The summed E-state index contributed by atoms with van der Waals surface area (Å²) >= 11 is 0. The Morgan fingerprint density at radius 2 is 0.929 bits per heavy atom.